The van der Waals surface area contributed by atoms with Crippen LogP contribution in [0.15, 0.2) is 48.5 Å². The molecule has 2 aromatic carbocycles. The van der Waals surface area contributed by atoms with Crippen LogP contribution in [0.2, 0.25) is 0 Å². The second-order valence-electron chi connectivity index (χ2n) is 8.60. The lowest BCUT2D eigenvalue weighted by atomic mass is 10.0. The van der Waals surface area contributed by atoms with E-state index in [2.05, 4.69) is 19.2 Å². The van der Waals surface area contributed by atoms with Crippen molar-refractivity contribution in [2.24, 2.45) is 0 Å². The Labute approximate surface area is 198 Å². The second kappa shape index (κ2) is 12.9. The van der Waals surface area contributed by atoms with Crippen molar-refractivity contribution in [3.05, 3.63) is 59.7 Å². The fraction of sp³-hybridized carbons (Fsp3) is 0.481. The van der Waals surface area contributed by atoms with E-state index in [1.807, 2.05) is 69.3 Å². The van der Waals surface area contributed by atoms with Crippen molar-refractivity contribution >= 4 is 11.8 Å². The molecule has 2 rings (SSSR count). The molecule has 0 heterocycles. The number of carbonyl (C=O) groups excluding carboxylic acids is 2. The third-order valence-corrected chi connectivity index (χ3v) is 5.77. The molecule has 0 fully saturated rings. The van der Waals surface area contributed by atoms with Crippen LogP contribution in [0, 0.1) is 0 Å². The lowest BCUT2D eigenvalue weighted by molar-refractivity contribution is -0.143. The number of amides is 2. The zero-order valence-corrected chi connectivity index (χ0v) is 20.8. The Morgan fingerprint density at radius 2 is 1.73 bits per heavy atom. The van der Waals surface area contributed by atoms with Crippen molar-refractivity contribution in [3.8, 4) is 11.5 Å². The first-order valence-corrected chi connectivity index (χ1v) is 11.7. The average molecular weight is 455 g/mol. The fourth-order valence-electron chi connectivity index (χ4n) is 3.64. The van der Waals surface area contributed by atoms with E-state index in [0.29, 0.717) is 17.9 Å². The van der Waals surface area contributed by atoms with Crippen LogP contribution in [0.1, 0.15) is 64.5 Å². The molecule has 0 radical (unpaired) electrons. The summed E-state index contributed by atoms with van der Waals surface area (Å²) in [5, 5.41) is 3.02. The highest BCUT2D eigenvalue weighted by atomic mass is 16.5. The molecule has 0 aliphatic carbocycles. The summed E-state index contributed by atoms with van der Waals surface area (Å²) < 4.78 is 11.3. The minimum Gasteiger partial charge on any atom is -0.497 e. The normalized spacial score (nSPS) is 12.7. The molecule has 2 atom stereocenters. The van der Waals surface area contributed by atoms with E-state index in [-0.39, 0.29) is 36.9 Å². The summed E-state index contributed by atoms with van der Waals surface area (Å²) in [6, 6.07) is 14.7. The largest absolute Gasteiger partial charge is 0.497 e. The van der Waals surface area contributed by atoms with E-state index in [1.54, 1.807) is 12.0 Å². The molecule has 0 aromatic heterocycles. The van der Waals surface area contributed by atoms with Crippen LogP contribution < -0.4 is 14.8 Å². The van der Waals surface area contributed by atoms with E-state index in [0.717, 1.165) is 17.5 Å². The molecule has 6 nitrogen and oxygen atoms in total. The van der Waals surface area contributed by atoms with Gasteiger partial charge in [-0.1, -0.05) is 58.0 Å². The van der Waals surface area contributed by atoms with E-state index >= 15 is 0 Å². The molecule has 0 saturated heterocycles. The molecule has 33 heavy (non-hydrogen) atoms. The first-order valence-electron chi connectivity index (χ1n) is 11.7. The number of hydrogen-bond acceptors (Lipinski definition) is 4. The number of methoxy groups -OCH3 is 1. The molecule has 0 bridgehead atoms. The van der Waals surface area contributed by atoms with Crippen molar-refractivity contribution < 1.29 is 19.1 Å². The summed E-state index contributed by atoms with van der Waals surface area (Å²) in [5.74, 6) is 1.29. The molecule has 2 aromatic rings. The van der Waals surface area contributed by atoms with Crippen LogP contribution in [0.4, 0.5) is 0 Å². The minimum absolute atomic E-state index is 0.0366. The Hall–Kier alpha value is -3.02. The second-order valence-corrected chi connectivity index (χ2v) is 8.60. The molecular weight excluding hydrogens is 416 g/mol. The van der Waals surface area contributed by atoms with Crippen LogP contribution in [-0.2, 0) is 16.1 Å². The number of hydrogen-bond donors (Lipinski definition) is 1. The quantitative estimate of drug-likeness (QED) is 0.494. The van der Waals surface area contributed by atoms with Crippen LogP contribution >= 0.6 is 0 Å². The number of rotatable bonds is 12. The molecule has 0 saturated carbocycles. The number of ether oxygens (including phenoxy) is 2. The van der Waals surface area contributed by atoms with Gasteiger partial charge < -0.3 is 19.7 Å². The topological polar surface area (TPSA) is 67.9 Å². The zero-order chi connectivity index (χ0) is 24.4. The van der Waals surface area contributed by atoms with Gasteiger partial charge in [-0.2, -0.15) is 0 Å². The van der Waals surface area contributed by atoms with Gasteiger partial charge in [-0.3, -0.25) is 9.59 Å². The summed E-state index contributed by atoms with van der Waals surface area (Å²) in [6.07, 6.45) is 1.32. The van der Waals surface area contributed by atoms with Crippen LogP contribution in [0.25, 0.3) is 0 Å². The summed E-state index contributed by atoms with van der Waals surface area (Å²) in [5.41, 5.74) is 1.94. The maximum Gasteiger partial charge on any atom is 0.261 e. The highest BCUT2D eigenvalue weighted by Gasteiger charge is 2.29. The molecule has 2 amide bonds. The van der Waals surface area contributed by atoms with Crippen molar-refractivity contribution in [1.82, 2.24) is 10.2 Å². The summed E-state index contributed by atoms with van der Waals surface area (Å²) in [7, 11) is 1.61. The monoisotopic (exact) mass is 454 g/mol. The molecule has 0 spiro atoms. The highest BCUT2D eigenvalue weighted by Crippen LogP contribution is 2.26. The Balaban J connectivity index is 2.28. The standard InChI is InChI=1S/C27H38N2O4/c1-7-20(5)28-27(31)24(8-2)29(17-21-12-11-13-22(16-21)32-6)26(30)18-33-25-15-10-9-14-23(25)19(3)4/h9-16,19-20,24H,7-8,17-18H2,1-6H3,(H,28,31)/t20-,24+/m0/s1. The Bertz CT molecular complexity index is 912. The number of nitrogens with zero attached hydrogens (tertiary/aromatic N) is 1. The number of nitrogens with one attached hydrogen (secondary N) is 1. The van der Waals surface area contributed by atoms with Gasteiger partial charge in [0.05, 0.1) is 7.11 Å². The third kappa shape index (κ3) is 7.52. The van der Waals surface area contributed by atoms with Gasteiger partial charge in [0.25, 0.3) is 5.91 Å². The van der Waals surface area contributed by atoms with Crippen molar-refractivity contribution in [2.75, 3.05) is 13.7 Å². The Morgan fingerprint density at radius 3 is 2.36 bits per heavy atom. The lowest BCUT2D eigenvalue weighted by Crippen LogP contribution is -2.51. The maximum atomic E-state index is 13.4. The summed E-state index contributed by atoms with van der Waals surface area (Å²) in [4.78, 5) is 28.1. The number of benzene rings is 2. The molecule has 6 heteroatoms. The van der Waals surface area contributed by atoms with E-state index < -0.39 is 6.04 Å². The summed E-state index contributed by atoms with van der Waals surface area (Å²) >= 11 is 0. The smallest absolute Gasteiger partial charge is 0.261 e. The molecule has 1 N–H and O–H groups in total. The Morgan fingerprint density at radius 1 is 1.00 bits per heavy atom. The van der Waals surface area contributed by atoms with Gasteiger partial charge in [-0.05, 0) is 55.0 Å². The van der Waals surface area contributed by atoms with Crippen LogP contribution in [0.5, 0.6) is 11.5 Å². The summed E-state index contributed by atoms with van der Waals surface area (Å²) in [6.45, 7) is 10.2. The van der Waals surface area contributed by atoms with Gasteiger partial charge in [0.1, 0.15) is 17.5 Å². The molecule has 180 valence electrons. The van der Waals surface area contributed by atoms with Gasteiger partial charge >= 0.3 is 0 Å². The van der Waals surface area contributed by atoms with Gasteiger partial charge in [0.15, 0.2) is 6.61 Å². The first-order chi connectivity index (χ1) is 15.8. The predicted octanol–water partition coefficient (Wildman–Crippen LogP) is 4.92. The van der Waals surface area contributed by atoms with E-state index in [4.69, 9.17) is 9.47 Å². The highest BCUT2D eigenvalue weighted by molar-refractivity contribution is 5.88. The number of para-hydroxylation sites is 1. The molecule has 0 unspecified atom stereocenters. The van der Waals surface area contributed by atoms with E-state index in [1.165, 1.54) is 0 Å². The van der Waals surface area contributed by atoms with Crippen molar-refractivity contribution in [2.45, 2.75) is 72.0 Å². The van der Waals surface area contributed by atoms with Crippen LogP contribution in [-0.4, -0.2) is 42.5 Å². The van der Waals surface area contributed by atoms with Crippen molar-refractivity contribution in [1.29, 1.82) is 0 Å². The Kier molecular flexibility index (Phi) is 10.2. The molecule has 0 aliphatic rings. The number of carbonyl (C=O) groups is 2. The van der Waals surface area contributed by atoms with Crippen LogP contribution in [0.3, 0.4) is 0 Å². The van der Waals surface area contributed by atoms with Gasteiger partial charge in [0, 0.05) is 12.6 Å². The minimum atomic E-state index is -0.596. The van der Waals surface area contributed by atoms with Crippen molar-refractivity contribution in [3.63, 3.8) is 0 Å². The first kappa shape index (κ1) is 26.2. The SMILES string of the molecule is CC[C@H](C(=O)N[C@@H](C)CC)N(Cc1cccc(OC)c1)C(=O)COc1ccccc1C(C)C. The molecular formula is C27H38N2O4. The zero-order valence-electron chi connectivity index (χ0n) is 20.8. The molecule has 0 aliphatic heterocycles. The lowest BCUT2D eigenvalue weighted by Gasteiger charge is -2.31. The van der Waals surface area contributed by atoms with Gasteiger partial charge in [-0.25, -0.2) is 0 Å². The predicted molar refractivity (Wildman–Crippen MR) is 132 cm³/mol. The third-order valence-electron chi connectivity index (χ3n) is 5.77. The average Bonchev–Trinajstić information content (AvgIpc) is 2.82. The van der Waals surface area contributed by atoms with E-state index in [9.17, 15) is 9.59 Å². The fourth-order valence-corrected chi connectivity index (χ4v) is 3.64. The van der Waals surface area contributed by atoms with Gasteiger partial charge in [-0.15, -0.1) is 0 Å². The van der Waals surface area contributed by atoms with Gasteiger partial charge in [0.2, 0.25) is 5.91 Å². The maximum absolute atomic E-state index is 13.4.